The molecular weight excluding hydrogens is 550 g/mol. The van der Waals surface area contributed by atoms with E-state index in [1.54, 1.807) is 37.3 Å². The van der Waals surface area contributed by atoms with Crippen LogP contribution in [-0.4, -0.2) is 61.3 Å². The zero-order chi connectivity index (χ0) is 30.8. The van der Waals surface area contributed by atoms with Gasteiger partial charge in [0.05, 0.1) is 14.2 Å². The van der Waals surface area contributed by atoms with Crippen LogP contribution in [0.4, 0.5) is 0 Å². The topological polar surface area (TPSA) is 112 Å². The number of nitrogens with zero attached hydrogens (tertiary/aromatic N) is 1. The number of esters is 1. The standard InChI is InChI=1S/C34H45NO8/c1-23(25-10-5-4-6-11-25)33(38)35-19-8-7-14-28(35)34(39)43-29(26-12-9-13-27(21-26)42-22-32(36)37)17-15-24-16-18-30(40-2)31(20-24)41-3/h9,12-13,16,18,20-21,23,25,28-29H,4-8,10-11,14-15,17,19,22H2,1-3H3,(H,36,37)/t23?,28-,29?/m0/s1. The van der Waals surface area contributed by atoms with Crippen LogP contribution in [0.1, 0.15) is 81.9 Å². The Morgan fingerprint density at radius 1 is 0.930 bits per heavy atom. The first-order valence-corrected chi connectivity index (χ1v) is 15.5. The van der Waals surface area contributed by atoms with Crippen molar-refractivity contribution in [3.63, 3.8) is 0 Å². The molecule has 2 unspecified atom stereocenters. The van der Waals surface area contributed by atoms with Crippen LogP contribution in [0.5, 0.6) is 17.2 Å². The van der Waals surface area contributed by atoms with E-state index in [4.69, 9.17) is 24.1 Å². The van der Waals surface area contributed by atoms with E-state index < -0.39 is 30.7 Å². The van der Waals surface area contributed by atoms with Gasteiger partial charge in [0.15, 0.2) is 18.1 Å². The average Bonchev–Trinajstić information content (AvgIpc) is 3.05. The van der Waals surface area contributed by atoms with E-state index in [2.05, 4.69) is 0 Å². The summed E-state index contributed by atoms with van der Waals surface area (Å²) >= 11 is 0. The molecule has 0 bridgehead atoms. The Kier molecular flexibility index (Phi) is 11.7. The van der Waals surface area contributed by atoms with Crippen LogP contribution in [-0.2, 0) is 25.5 Å². The summed E-state index contributed by atoms with van der Waals surface area (Å²) in [6.07, 6.45) is 8.37. The number of methoxy groups -OCH3 is 2. The van der Waals surface area contributed by atoms with Crippen molar-refractivity contribution in [1.82, 2.24) is 4.90 Å². The van der Waals surface area contributed by atoms with Crippen molar-refractivity contribution in [2.75, 3.05) is 27.4 Å². The summed E-state index contributed by atoms with van der Waals surface area (Å²) < 4.78 is 22.5. The van der Waals surface area contributed by atoms with Crippen molar-refractivity contribution in [2.45, 2.75) is 83.3 Å². The number of hydrogen-bond donors (Lipinski definition) is 1. The lowest BCUT2D eigenvalue weighted by molar-refractivity contribution is -0.163. The number of carboxylic acid groups (broad SMARTS) is 1. The number of hydrogen-bond acceptors (Lipinski definition) is 7. The molecule has 3 atom stereocenters. The van der Waals surface area contributed by atoms with E-state index in [0.717, 1.165) is 44.1 Å². The van der Waals surface area contributed by atoms with E-state index >= 15 is 0 Å². The van der Waals surface area contributed by atoms with Crippen molar-refractivity contribution in [1.29, 1.82) is 0 Å². The van der Waals surface area contributed by atoms with Crippen LogP contribution in [0, 0.1) is 11.8 Å². The third kappa shape index (κ3) is 8.65. The van der Waals surface area contributed by atoms with Crippen LogP contribution < -0.4 is 14.2 Å². The molecule has 1 saturated carbocycles. The summed E-state index contributed by atoms with van der Waals surface area (Å²) in [5, 5.41) is 9.05. The van der Waals surface area contributed by atoms with Crippen LogP contribution in [0.15, 0.2) is 42.5 Å². The maximum atomic E-state index is 13.8. The summed E-state index contributed by atoms with van der Waals surface area (Å²) in [5.41, 5.74) is 1.67. The smallest absolute Gasteiger partial charge is 0.341 e. The number of amides is 1. The highest BCUT2D eigenvalue weighted by molar-refractivity contribution is 5.86. The van der Waals surface area contributed by atoms with Crippen LogP contribution in [0.3, 0.4) is 0 Å². The van der Waals surface area contributed by atoms with Gasteiger partial charge in [-0.2, -0.15) is 0 Å². The molecule has 4 rings (SSSR count). The zero-order valence-corrected chi connectivity index (χ0v) is 25.6. The highest BCUT2D eigenvalue weighted by Gasteiger charge is 2.38. The minimum Gasteiger partial charge on any atom is -0.493 e. The van der Waals surface area contributed by atoms with Gasteiger partial charge in [-0.3, -0.25) is 4.79 Å². The number of piperidine rings is 1. The highest BCUT2D eigenvalue weighted by Crippen LogP contribution is 2.34. The predicted molar refractivity (Wildman–Crippen MR) is 161 cm³/mol. The molecule has 0 spiro atoms. The molecule has 1 N–H and O–H groups in total. The second-order valence-corrected chi connectivity index (χ2v) is 11.6. The molecule has 2 fully saturated rings. The Morgan fingerprint density at radius 2 is 1.67 bits per heavy atom. The molecule has 9 nitrogen and oxygen atoms in total. The number of carbonyl (C=O) groups is 3. The largest absolute Gasteiger partial charge is 0.493 e. The van der Waals surface area contributed by atoms with E-state index in [0.29, 0.717) is 54.5 Å². The fraction of sp³-hybridized carbons (Fsp3) is 0.559. The quantitative estimate of drug-likeness (QED) is 0.282. The van der Waals surface area contributed by atoms with Crippen molar-refractivity contribution < 1.29 is 38.4 Å². The van der Waals surface area contributed by atoms with E-state index in [1.165, 1.54) is 6.42 Å². The van der Waals surface area contributed by atoms with Gasteiger partial charge in [-0.05, 0) is 86.3 Å². The van der Waals surface area contributed by atoms with Crippen LogP contribution in [0.25, 0.3) is 0 Å². The molecule has 234 valence electrons. The maximum Gasteiger partial charge on any atom is 0.341 e. The summed E-state index contributed by atoms with van der Waals surface area (Å²) in [5.74, 6) is 0.440. The maximum absolute atomic E-state index is 13.8. The van der Waals surface area contributed by atoms with Gasteiger partial charge in [-0.15, -0.1) is 0 Å². The van der Waals surface area contributed by atoms with Gasteiger partial charge < -0.3 is 29.0 Å². The number of carbonyl (C=O) groups excluding carboxylic acids is 2. The first-order valence-electron chi connectivity index (χ1n) is 15.5. The average molecular weight is 596 g/mol. The van der Waals surface area contributed by atoms with Crippen molar-refractivity contribution in [3.8, 4) is 17.2 Å². The van der Waals surface area contributed by atoms with Gasteiger partial charge in [0, 0.05) is 12.5 Å². The molecule has 0 radical (unpaired) electrons. The Bertz CT molecular complexity index is 1240. The van der Waals surface area contributed by atoms with Gasteiger partial charge in [0.1, 0.15) is 17.9 Å². The molecule has 2 aromatic carbocycles. The van der Waals surface area contributed by atoms with Gasteiger partial charge >= 0.3 is 11.9 Å². The zero-order valence-electron chi connectivity index (χ0n) is 25.6. The Hall–Kier alpha value is -3.75. The molecule has 1 amide bonds. The second kappa shape index (κ2) is 15.6. The molecule has 9 heteroatoms. The Balaban J connectivity index is 1.53. The molecule has 1 aliphatic heterocycles. The molecular formula is C34H45NO8. The minimum absolute atomic E-state index is 0.0551. The number of likely N-dealkylation sites (tertiary alicyclic amines) is 1. The van der Waals surface area contributed by atoms with Crippen LogP contribution in [0.2, 0.25) is 0 Å². The number of aliphatic carboxylic acids is 1. The van der Waals surface area contributed by atoms with Gasteiger partial charge in [-0.25, -0.2) is 9.59 Å². The molecule has 2 aromatic rings. The number of benzene rings is 2. The number of ether oxygens (including phenoxy) is 4. The third-order valence-corrected chi connectivity index (χ3v) is 8.80. The molecule has 2 aliphatic rings. The third-order valence-electron chi connectivity index (χ3n) is 8.80. The van der Waals surface area contributed by atoms with E-state index in [-0.39, 0.29) is 11.8 Å². The Morgan fingerprint density at radius 3 is 2.40 bits per heavy atom. The van der Waals surface area contributed by atoms with Crippen LogP contribution >= 0.6 is 0 Å². The summed E-state index contributed by atoms with van der Waals surface area (Å²) in [6, 6.07) is 12.1. The molecule has 1 aliphatic carbocycles. The molecule has 43 heavy (non-hydrogen) atoms. The fourth-order valence-corrected chi connectivity index (χ4v) is 6.33. The Labute approximate surface area is 254 Å². The van der Waals surface area contributed by atoms with Crippen molar-refractivity contribution in [3.05, 3.63) is 53.6 Å². The van der Waals surface area contributed by atoms with Gasteiger partial charge in [-0.1, -0.05) is 44.4 Å². The molecule has 1 saturated heterocycles. The van der Waals surface area contributed by atoms with E-state index in [9.17, 15) is 14.4 Å². The SMILES string of the molecule is COc1ccc(CCC(OC(=O)[C@@H]2CCCCN2C(=O)C(C)C2CCCCC2)c2cccc(OCC(=O)O)c2)cc1OC. The molecule has 0 aromatic heterocycles. The first kappa shape index (κ1) is 32.2. The minimum atomic E-state index is -1.08. The van der Waals surface area contributed by atoms with Crippen molar-refractivity contribution >= 4 is 17.8 Å². The number of carboxylic acids is 1. The fourth-order valence-electron chi connectivity index (χ4n) is 6.33. The second-order valence-electron chi connectivity index (χ2n) is 11.6. The summed E-state index contributed by atoms with van der Waals surface area (Å²) in [4.78, 5) is 40.3. The number of rotatable bonds is 13. The lowest BCUT2D eigenvalue weighted by atomic mass is 9.80. The normalized spacial score (nSPS) is 18.8. The first-order chi connectivity index (χ1) is 20.8. The summed E-state index contributed by atoms with van der Waals surface area (Å²) in [6.45, 7) is 2.10. The van der Waals surface area contributed by atoms with Crippen molar-refractivity contribution in [2.24, 2.45) is 11.8 Å². The molecule has 1 heterocycles. The number of aryl methyl sites for hydroxylation is 1. The van der Waals surface area contributed by atoms with E-state index in [1.807, 2.05) is 31.2 Å². The summed E-state index contributed by atoms with van der Waals surface area (Å²) in [7, 11) is 3.17. The van der Waals surface area contributed by atoms with Gasteiger partial charge in [0.25, 0.3) is 0 Å². The highest BCUT2D eigenvalue weighted by atomic mass is 16.5. The monoisotopic (exact) mass is 595 g/mol. The lowest BCUT2D eigenvalue weighted by Gasteiger charge is -2.38. The van der Waals surface area contributed by atoms with Gasteiger partial charge in [0.2, 0.25) is 5.91 Å². The predicted octanol–water partition coefficient (Wildman–Crippen LogP) is 5.98. The lowest BCUT2D eigenvalue weighted by Crippen LogP contribution is -2.51.